The molecule has 7 heteroatoms. The van der Waals surface area contributed by atoms with Crippen LogP contribution in [-0.2, 0) is 6.42 Å². The van der Waals surface area contributed by atoms with Gasteiger partial charge in [0.15, 0.2) is 11.5 Å². The summed E-state index contributed by atoms with van der Waals surface area (Å²) in [6.45, 7) is 1.81. The number of pyridine rings is 1. The smallest absolute Gasteiger partial charge is 0.271 e. The Morgan fingerprint density at radius 1 is 1.23 bits per heavy atom. The fourth-order valence-corrected chi connectivity index (χ4v) is 2.31. The number of benzene rings is 1. The van der Waals surface area contributed by atoms with Gasteiger partial charge in [-0.1, -0.05) is 29.3 Å². The van der Waals surface area contributed by atoms with Crippen molar-refractivity contribution in [3.05, 3.63) is 51.8 Å². The molecular weight excluding hydrogens is 327 g/mol. The molecule has 1 amide bonds. The Balaban J connectivity index is 2.04. The van der Waals surface area contributed by atoms with Gasteiger partial charge in [-0.2, -0.15) is 0 Å². The molecule has 3 N–H and O–H groups in total. The molecule has 1 heterocycles. The van der Waals surface area contributed by atoms with Crippen molar-refractivity contribution in [1.29, 1.82) is 0 Å². The highest BCUT2D eigenvalue weighted by Gasteiger charge is 2.16. The van der Waals surface area contributed by atoms with E-state index in [1.165, 1.54) is 24.3 Å². The minimum absolute atomic E-state index is 0.0644. The Kier molecular flexibility index (Phi) is 5.11. The first-order valence-corrected chi connectivity index (χ1v) is 7.26. The maximum Gasteiger partial charge on any atom is 0.271 e. The minimum Gasteiger partial charge on any atom is -0.504 e. The first-order chi connectivity index (χ1) is 10.4. The number of amides is 1. The number of nitrogens with zero attached hydrogens (tertiary/aromatic N) is 1. The molecule has 0 spiro atoms. The van der Waals surface area contributed by atoms with Gasteiger partial charge in [-0.25, -0.2) is 4.98 Å². The van der Waals surface area contributed by atoms with Crippen LogP contribution in [0.4, 0.5) is 0 Å². The van der Waals surface area contributed by atoms with Crippen molar-refractivity contribution in [3.63, 3.8) is 0 Å². The Morgan fingerprint density at radius 3 is 2.64 bits per heavy atom. The maximum atomic E-state index is 12.1. The van der Waals surface area contributed by atoms with Gasteiger partial charge in [0.05, 0.1) is 5.02 Å². The van der Waals surface area contributed by atoms with Crippen molar-refractivity contribution in [3.8, 4) is 11.5 Å². The number of carbonyl (C=O) groups excluding carboxylic acids is 1. The number of nitrogens with one attached hydrogen (secondary N) is 1. The second-order valence-electron chi connectivity index (χ2n) is 4.87. The lowest BCUT2D eigenvalue weighted by atomic mass is 10.1. The molecule has 22 heavy (non-hydrogen) atoms. The molecule has 0 saturated carbocycles. The Hall–Kier alpha value is -1.98. The van der Waals surface area contributed by atoms with Crippen LogP contribution in [0.2, 0.25) is 10.2 Å². The molecular formula is C15H14Cl2N2O3. The highest BCUT2D eigenvalue weighted by molar-refractivity contribution is 6.34. The molecule has 0 unspecified atom stereocenters. The molecule has 5 nitrogen and oxygen atoms in total. The van der Waals surface area contributed by atoms with Gasteiger partial charge in [-0.3, -0.25) is 4.79 Å². The number of hydrogen-bond donors (Lipinski definition) is 3. The molecule has 0 radical (unpaired) electrons. The van der Waals surface area contributed by atoms with Crippen molar-refractivity contribution in [2.45, 2.75) is 19.4 Å². The van der Waals surface area contributed by atoms with Crippen molar-refractivity contribution >= 4 is 29.1 Å². The summed E-state index contributed by atoms with van der Waals surface area (Å²) in [6, 6.07) is 7.30. The zero-order chi connectivity index (χ0) is 16.3. The van der Waals surface area contributed by atoms with Gasteiger partial charge in [0.25, 0.3) is 5.91 Å². The lowest BCUT2D eigenvalue weighted by molar-refractivity contribution is 0.0935. The van der Waals surface area contributed by atoms with E-state index in [2.05, 4.69) is 10.3 Å². The Morgan fingerprint density at radius 2 is 1.95 bits per heavy atom. The van der Waals surface area contributed by atoms with Crippen LogP contribution in [0.3, 0.4) is 0 Å². The number of phenolic OH excluding ortho intramolecular Hbond substituents is 2. The van der Waals surface area contributed by atoms with Crippen LogP contribution in [0.1, 0.15) is 23.0 Å². The number of phenols is 2. The minimum atomic E-state index is -0.428. The maximum absolute atomic E-state index is 12.1. The van der Waals surface area contributed by atoms with Crippen LogP contribution in [0.15, 0.2) is 30.3 Å². The molecule has 116 valence electrons. The highest BCUT2D eigenvalue weighted by atomic mass is 35.5. The average molecular weight is 341 g/mol. The molecule has 1 atom stereocenters. The standard InChI is InChI=1S/C15H14Cl2N2O3/c1-8(6-9-2-4-11(20)12(21)7-9)18-15(22)14-10(16)3-5-13(17)19-14/h2-5,7-8,20-21H,6H2,1H3,(H,18,22)/t8-/m1/s1. The molecule has 1 aromatic carbocycles. The van der Waals surface area contributed by atoms with E-state index in [4.69, 9.17) is 23.2 Å². The van der Waals surface area contributed by atoms with Crippen LogP contribution in [-0.4, -0.2) is 27.1 Å². The number of rotatable bonds is 4. The summed E-state index contributed by atoms with van der Waals surface area (Å²) in [4.78, 5) is 16.0. The molecule has 0 aliphatic rings. The summed E-state index contributed by atoms with van der Waals surface area (Å²) in [5.74, 6) is -0.811. The molecule has 0 fully saturated rings. The third kappa shape index (κ3) is 4.02. The molecule has 1 aromatic heterocycles. The van der Waals surface area contributed by atoms with E-state index in [1.807, 2.05) is 0 Å². The van der Waals surface area contributed by atoms with Gasteiger partial charge in [-0.05, 0) is 43.2 Å². The van der Waals surface area contributed by atoms with E-state index >= 15 is 0 Å². The van der Waals surface area contributed by atoms with Crippen LogP contribution in [0.5, 0.6) is 11.5 Å². The number of aromatic hydroxyl groups is 2. The van der Waals surface area contributed by atoms with E-state index in [-0.39, 0.29) is 33.4 Å². The largest absolute Gasteiger partial charge is 0.504 e. The van der Waals surface area contributed by atoms with Crippen LogP contribution >= 0.6 is 23.2 Å². The fraction of sp³-hybridized carbons (Fsp3) is 0.200. The zero-order valence-corrected chi connectivity index (χ0v) is 13.2. The van der Waals surface area contributed by atoms with Crippen molar-refractivity contribution in [1.82, 2.24) is 10.3 Å². The topological polar surface area (TPSA) is 82.5 Å². The second-order valence-corrected chi connectivity index (χ2v) is 5.66. The van der Waals surface area contributed by atoms with Gasteiger partial charge in [0.2, 0.25) is 0 Å². The predicted octanol–water partition coefficient (Wildman–Crippen LogP) is 3.16. The van der Waals surface area contributed by atoms with Crippen molar-refractivity contribution < 1.29 is 15.0 Å². The number of halogens is 2. The Bertz CT molecular complexity index is 707. The second kappa shape index (κ2) is 6.85. The third-order valence-corrected chi connectivity index (χ3v) is 3.50. The van der Waals surface area contributed by atoms with Gasteiger partial charge in [-0.15, -0.1) is 0 Å². The number of aromatic nitrogens is 1. The molecule has 0 bridgehead atoms. The predicted molar refractivity (Wildman–Crippen MR) is 84.7 cm³/mol. The van der Waals surface area contributed by atoms with Crippen LogP contribution in [0, 0.1) is 0 Å². The van der Waals surface area contributed by atoms with Crippen molar-refractivity contribution in [2.24, 2.45) is 0 Å². The molecule has 0 saturated heterocycles. The number of hydrogen-bond acceptors (Lipinski definition) is 4. The first-order valence-electron chi connectivity index (χ1n) is 6.50. The van der Waals surface area contributed by atoms with E-state index in [1.54, 1.807) is 13.0 Å². The zero-order valence-electron chi connectivity index (χ0n) is 11.7. The SMILES string of the molecule is C[C@H](Cc1ccc(O)c(O)c1)NC(=O)c1nc(Cl)ccc1Cl. The van der Waals surface area contributed by atoms with Crippen LogP contribution in [0.25, 0.3) is 0 Å². The van der Waals surface area contributed by atoms with Gasteiger partial charge < -0.3 is 15.5 Å². The fourth-order valence-electron chi connectivity index (χ4n) is 1.97. The van der Waals surface area contributed by atoms with Crippen LogP contribution < -0.4 is 5.32 Å². The van der Waals surface area contributed by atoms with E-state index < -0.39 is 5.91 Å². The summed E-state index contributed by atoms with van der Waals surface area (Å²) in [5.41, 5.74) is 0.836. The summed E-state index contributed by atoms with van der Waals surface area (Å²) in [7, 11) is 0. The van der Waals surface area contributed by atoms with Gasteiger partial charge >= 0.3 is 0 Å². The quantitative estimate of drug-likeness (QED) is 0.589. The molecule has 0 aliphatic heterocycles. The average Bonchev–Trinajstić information content (AvgIpc) is 2.45. The summed E-state index contributed by atoms with van der Waals surface area (Å²) in [6.07, 6.45) is 0.470. The third-order valence-electron chi connectivity index (χ3n) is 2.99. The van der Waals surface area contributed by atoms with Gasteiger partial charge in [0.1, 0.15) is 10.8 Å². The lowest BCUT2D eigenvalue weighted by Gasteiger charge is -2.14. The summed E-state index contributed by atoms with van der Waals surface area (Å²) in [5, 5.41) is 21.9. The first kappa shape index (κ1) is 16.4. The van der Waals surface area contributed by atoms with Gasteiger partial charge in [0, 0.05) is 6.04 Å². The van der Waals surface area contributed by atoms with Crippen molar-refractivity contribution in [2.75, 3.05) is 0 Å². The molecule has 2 aromatic rings. The lowest BCUT2D eigenvalue weighted by Crippen LogP contribution is -2.34. The molecule has 0 aliphatic carbocycles. The Labute approximate surface area is 137 Å². The van der Waals surface area contributed by atoms with E-state index in [0.29, 0.717) is 6.42 Å². The monoisotopic (exact) mass is 340 g/mol. The normalized spacial score (nSPS) is 12.0. The van der Waals surface area contributed by atoms with E-state index in [0.717, 1.165) is 5.56 Å². The van der Waals surface area contributed by atoms with E-state index in [9.17, 15) is 15.0 Å². The summed E-state index contributed by atoms with van der Waals surface area (Å²) < 4.78 is 0. The molecule has 2 rings (SSSR count). The summed E-state index contributed by atoms with van der Waals surface area (Å²) >= 11 is 11.7. The highest BCUT2D eigenvalue weighted by Crippen LogP contribution is 2.25. The number of carbonyl (C=O) groups is 1.